The molecule has 0 aliphatic heterocycles. The smallest absolute Gasteiger partial charge is 0.268 e. The summed E-state index contributed by atoms with van der Waals surface area (Å²) < 4.78 is 0. The number of phenols is 1. The van der Waals surface area contributed by atoms with E-state index in [2.05, 4.69) is 69.1 Å². The number of amides is 13. The summed E-state index contributed by atoms with van der Waals surface area (Å²) >= 11 is 0. The maximum absolute atomic E-state index is 14.7. The van der Waals surface area contributed by atoms with E-state index in [1.54, 1.807) is 109 Å². The summed E-state index contributed by atoms with van der Waals surface area (Å²) in [6, 6.07) is -8.69. The fraction of sp³-hybridized carbons (Fsp3) is 0.734. The topological polar surface area (TPSA) is 517 Å². The van der Waals surface area contributed by atoms with Crippen LogP contribution in [0.25, 0.3) is 0 Å². The number of hydrogen-bond donors (Lipinski definition) is 19. The molecular formula is C79H140N16O16. The maximum Gasteiger partial charge on any atom is 0.268 e. The highest BCUT2D eigenvalue weighted by Crippen LogP contribution is 2.19. The van der Waals surface area contributed by atoms with Crippen molar-refractivity contribution < 1.29 is 77.6 Å². The van der Waals surface area contributed by atoms with Gasteiger partial charge in [0.05, 0.1) is 12.6 Å². The molecule has 1 aromatic carbocycles. The number of phenolic OH excluding ortho intramolecular Hbond substituents is 1. The average molecular weight is 1570 g/mol. The Morgan fingerprint density at radius 3 is 1.08 bits per heavy atom. The standard InChI is InChI=1S/C79H140N16O16/c1-20-48(17)64(77(109)86-54(29-24-26-36-80)68(100)88-58(40-51-32-34-52(97)35-33-51)72(104)87-57(39-42(5)6)71(103)89-59(41-96)43(7)8)95-76(108)62(46(13)14)91-69(101)55(30-25-27-37-81)84-74(106)61(45(11)12)92-75(107)63(47(15)16)93-78(110)65(49(18)21-2)94-70(102)56(31-28-38-82)85-73(105)60(44(9)10)90-67(99)53(23-4)83-79(111)66(98)50(19)22-3/h23,32-35,42-50,54-66,96-98H,20-22,24-31,36-41,80-82H2,1-19H3,(H,83,111)(H,84,106)(H,85,105)(H,86,109)(H,87,104)(H,88,100)(H,89,103)(H,90,99)(H,91,101)(H,92,107)(H,93,110)(H,94,102)(H,95,108)/b53-23+/t48-,49-,50-,54-,55-,56-,57-,58-,59+,60-,61-,62-,63-,64-,65-,66-/m0/s1. The van der Waals surface area contributed by atoms with Gasteiger partial charge in [0.15, 0.2) is 0 Å². The zero-order valence-electron chi connectivity index (χ0n) is 69.5. The second-order valence-corrected chi connectivity index (χ2v) is 31.5. The van der Waals surface area contributed by atoms with Gasteiger partial charge in [0.2, 0.25) is 65.0 Å². The van der Waals surface area contributed by atoms with Crippen LogP contribution in [0.1, 0.15) is 214 Å². The summed E-state index contributed by atoms with van der Waals surface area (Å²) in [6.07, 6.45) is 3.14. The summed E-state index contributed by atoms with van der Waals surface area (Å²) in [5, 5.41) is 66.3. The minimum atomic E-state index is -1.40. The molecular weight excluding hydrogens is 1430 g/mol. The molecule has 0 saturated carbocycles. The number of carbonyl (C=O) groups excluding carboxylic acids is 13. The molecule has 22 N–H and O–H groups in total. The zero-order valence-corrected chi connectivity index (χ0v) is 69.5. The molecule has 0 fully saturated rings. The minimum Gasteiger partial charge on any atom is -0.508 e. The van der Waals surface area contributed by atoms with Crippen molar-refractivity contribution in [2.75, 3.05) is 26.2 Å². The monoisotopic (exact) mass is 1570 g/mol. The van der Waals surface area contributed by atoms with Gasteiger partial charge >= 0.3 is 0 Å². The van der Waals surface area contributed by atoms with Crippen LogP contribution < -0.4 is 86.3 Å². The first-order valence-electron chi connectivity index (χ1n) is 39.9. The molecule has 0 saturated heterocycles. The number of unbranched alkanes of at least 4 members (excludes halogenated alkanes) is 2. The predicted octanol–water partition coefficient (Wildman–Crippen LogP) is 1.59. The maximum atomic E-state index is 14.7. The Balaban J connectivity index is 3.64. The first-order chi connectivity index (χ1) is 52.1. The highest BCUT2D eigenvalue weighted by atomic mass is 16.3. The van der Waals surface area contributed by atoms with Gasteiger partial charge in [-0.2, -0.15) is 0 Å². The highest BCUT2D eigenvalue weighted by Gasteiger charge is 2.40. The lowest BCUT2D eigenvalue weighted by Gasteiger charge is -2.32. The summed E-state index contributed by atoms with van der Waals surface area (Å²) in [5.74, 6) is -14.0. The lowest BCUT2D eigenvalue weighted by atomic mass is 9.95. The molecule has 0 bridgehead atoms. The van der Waals surface area contributed by atoms with E-state index in [-0.39, 0.29) is 88.0 Å². The Morgan fingerprint density at radius 1 is 0.378 bits per heavy atom. The molecule has 16 atom stereocenters. The fourth-order valence-corrected chi connectivity index (χ4v) is 11.9. The number of aliphatic hydroxyl groups is 2. The average Bonchev–Trinajstić information content (AvgIpc) is 0.845. The van der Waals surface area contributed by atoms with E-state index in [0.29, 0.717) is 50.5 Å². The van der Waals surface area contributed by atoms with E-state index in [4.69, 9.17) is 17.2 Å². The van der Waals surface area contributed by atoms with Crippen LogP contribution in [-0.2, 0) is 68.7 Å². The molecule has 0 aliphatic carbocycles. The molecule has 0 spiro atoms. The number of nitrogens with two attached hydrogens (primary N) is 3. The van der Waals surface area contributed by atoms with Crippen LogP contribution in [0, 0.1) is 53.3 Å². The first-order valence-corrected chi connectivity index (χ1v) is 39.9. The normalized spacial score (nSPS) is 16.1. The molecule has 0 heterocycles. The van der Waals surface area contributed by atoms with Crippen molar-refractivity contribution in [3.63, 3.8) is 0 Å². The quantitative estimate of drug-likeness (QED) is 0.0325. The number of allylic oxidation sites excluding steroid dienone is 1. The van der Waals surface area contributed by atoms with Gasteiger partial charge in [-0.05, 0) is 155 Å². The molecule has 32 heteroatoms. The van der Waals surface area contributed by atoms with Crippen LogP contribution in [0.4, 0.5) is 0 Å². The molecule has 0 unspecified atom stereocenters. The van der Waals surface area contributed by atoms with E-state index < -0.39 is 197 Å². The van der Waals surface area contributed by atoms with E-state index in [0.717, 1.165) is 0 Å². The molecule has 0 radical (unpaired) electrons. The first kappa shape index (κ1) is 101. The number of aliphatic hydroxyl groups excluding tert-OH is 2. The van der Waals surface area contributed by atoms with Gasteiger partial charge in [0, 0.05) is 6.42 Å². The number of rotatable bonds is 53. The summed E-state index contributed by atoms with van der Waals surface area (Å²) in [5.41, 5.74) is 18.0. The van der Waals surface area contributed by atoms with Crippen molar-refractivity contribution in [1.29, 1.82) is 0 Å². The third kappa shape index (κ3) is 35.1. The van der Waals surface area contributed by atoms with E-state index in [1.807, 2.05) is 27.7 Å². The van der Waals surface area contributed by atoms with Gasteiger partial charge in [0.1, 0.15) is 84.0 Å². The molecule has 1 rings (SSSR count). The van der Waals surface area contributed by atoms with Crippen molar-refractivity contribution in [1.82, 2.24) is 69.1 Å². The Labute approximate surface area is 658 Å². The van der Waals surface area contributed by atoms with Crippen molar-refractivity contribution in [3.8, 4) is 5.75 Å². The van der Waals surface area contributed by atoms with Crippen molar-refractivity contribution in [3.05, 3.63) is 41.6 Å². The van der Waals surface area contributed by atoms with Gasteiger partial charge < -0.3 is 102 Å². The molecule has 1 aromatic rings. The van der Waals surface area contributed by atoms with Crippen molar-refractivity contribution in [2.24, 2.45) is 70.5 Å². The number of benzene rings is 1. The van der Waals surface area contributed by atoms with E-state index >= 15 is 0 Å². The van der Waals surface area contributed by atoms with E-state index in [9.17, 15) is 77.6 Å². The van der Waals surface area contributed by atoms with Crippen molar-refractivity contribution in [2.45, 2.75) is 294 Å². The number of aromatic hydroxyl groups is 1. The fourth-order valence-electron chi connectivity index (χ4n) is 11.9. The number of hydrogen-bond acceptors (Lipinski definition) is 19. The summed E-state index contributed by atoms with van der Waals surface area (Å²) in [7, 11) is 0. The Bertz CT molecular complexity index is 3150. The van der Waals surface area contributed by atoms with E-state index in [1.165, 1.54) is 25.1 Å². The number of carbonyl (C=O) groups is 13. The highest BCUT2D eigenvalue weighted by molar-refractivity contribution is 6.02. The molecule has 0 aromatic heterocycles. The molecule has 32 nitrogen and oxygen atoms in total. The Kier molecular flexibility index (Phi) is 47.2. The Hall–Kier alpha value is -8.33. The lowest BCUT2D eigenvalue weighted by Crippen LogP contribution is -2.63. The van der Waals surface area contributed by atoms with Crippen LogP contribution in [0.3, 0.4) is 0 Å². The summed E-state index contributed by atoms with van der Waals surface area (Å²) in [4.78, 5) is 185. The second kappa shape index (κ2) is 52.1. The molecule has 632 valence electrons. The van der Waals surface area contributed by atoms with Crippen LogP contribution in [0.2, 0.25) is 0 Å². The second-order valence-electron chi connectivity index (χ2n) is 31.5. The van der Waals surface area contributed by atoms with Crippen LogP contribution in [0.15, 0.2) is 36.0 Å². The molecule has 111 heavy (non-hydrogen) atoms. The lowest BCUT2D eigenvalue weighted by molar-refractivity contribution is -0.137. The number of nitrogens with one attached hydrogen (secondary N) is 13. The van der Waals surface area contributed by atoms with Gasteiger partial charge in [-0.3, -0.25) is 62.3 Å². The summed E-state index contributed by atoms with van der Waals surface area (Å²) in [6.45, 7) is 33.0. The third-order valence-electron chi connectivity index (χ3n) is 20.0. The van der Waals surface area contributed by atoms with Crippen molar-refractivity contribution >= 4 is 76.8 Å². The SMILES string of the molecule is C/C=C(/NC(=O)[C@@H](O)[C@@H](C)CC)C(=O)N[C@H](C(=O)N[C@@H](CCCN)C(=O)N[C@H](C(=O)N[C@H](C(=O)N[C@H](C(=O)N[C@@H](CCCCN)C(=O)N[C@H](C(=O)N[C@H](C(=O)N[C@@H](CCCCN)C(=O)N[C@@H](Cc1ccc(O)cc1)C(=O)N[C@@H](CC(C)C)C(=O)N[C@H](CO)C(C)C)[C@@H](C)CC)C(C)C)C(C)C)C(C)C)[C@@H](C)CC)C(C)C. The van der Waals surface area contributed by atoms with Crippen LogP contribution in [-0.4, -0.2) is 197 Å². The van der Waals surface area contributed by atoms with Gasteiger partial charge in [-0.1, -0.05) is 162 Å². The van der Waals surface area contributed by atoms with Gasteiger partial charge in [0.25, 0.3) is 11.8 Å². The molecule has 13 amide bonds. The molecule has 0 aliphatic rings. The largest absolute Gasteiger partial charge is 0.508 e. The van der Waals surface area contributed by atoms with Crippen LogP contribution in [0.5, 0.6) is 5.75 Å². The van der Waals surface area contributed by atoms with Gasteiger partial charge in [-0.25, -0.2) is 0 Å². The Morgan fingerprint density at radius 2 is 0.703 bits per heavy atom. The van der Waals surface area contributed by atoms with Crippen LogP contribution >= 0.6 is 0 Å². The zero-order chi connectivity index (χ0) is 84.7. The predicted molar refractivity (Wildman–Crippen MR) is 426 cm³/mol. The van der Waals surface area contributed by atoms with Gasteiger partial charge in [-0.15, -0.1) is 0 Å². The minimum absolute atomic E-state index is 0.0177. The third-order valence-corrected chi connectivity index (χ3v) is 20.0.